The van der Waals surface area contributed by atoms with E-state index in [1.165, 1.54) is 18.3 Å². The first-order valence-corrected chi connectivity index (χ1v) is 10.9. The van der Waals surface area contributed by atoms with Crippen molar-refractivity contribution >= 4 is 51.3 Å². The first-order chi connectivity index (χ1) is 15.0. The first kappa shape index (κ1) is 23.1. The molecule has 3 rings (SSSR count). The van der Waals surface area contributed by atoms with E-state index in [4.69, 9.17) is 32.7 Å². The molecule has 8 heteroatoms. The molecule has 0 unspecified atom stereocenters. The Morgan fingerprint density at radius 3 is 2.58 bits per heavy atom. The second-order valence-corrected chi connectivity index (χ2v) is 8.06. The summed E-state index contributed by atoms with van der Waals surface area (Å²) < 4.78 is 12.4. The number of hydrogen-bond donors (Lipinski definition) is 1. The van der Waals surface area contributed by atoms with Gasteiger partial charge in [-0.05, 0) is 64.3 Å². The zero-order valence-corrected chi connectivity index (χ0v) is 19.7. The fraction of sp³-hybridized carbons (Fsp3) is 0.130. The summed E-state index contributed by atoms with van der Waals surface area (Å²) in [4.78, 5) is 12.3. The summed E-state index contributed by atoms with van der Waals surface area (Å²) in [5, 5.41) is 4.72. The van der Waals surface area contributed by atoms with Gasteiger partial charge in [-0.15, -0.1) is 0 Å². The highest BCUT2D eigenvalue weighted by Gasteiger charge is 2.13. The van der Waals surface area contributed by atoms with Gasteiger partial charge in [-0.25, -0.2) is 5.43 Å². The minimum Gasteiger partial charge on any atom is -0.490 e. The molecule has 0 aliphatic rings. The van der Waals surface area contributed by atoms with Gasteiger partial charge in [0.05, 0.1) is 27.9 Å². The topological polar surface area (TPSA) is 59.9 Å². The van der Waals surface area contributed by atoms with E-state index in [0.717, 1.165) is 5.56 Å². The molecule has 0 saturated heterocycles. The third-order valence-electron chi connectivity index (χ3n) is 4.11. The van der Waals surface area contributed by atoms with Gasteiger partial charge in [0.2, 0.25) is 0 Å². The van der Waals surface area contributed by atoms with Crippen LogP contribution in [0.1, 0.15) is 28.4 Å². The van der Waals surface area contributed by atoms with Crippen LogP contribution >= 0.6 is 39.1 Å². The molecule has 3 aromatic rings. The monoisotopic (exact) mass is 520 g/mol. The van der Waals surface area contributed by atoms with Gasteiger partial charge in [0.25, 0.3) is 5.91 Å². The third kappa shape index (κ3) is 6.47. The van der Waals surface area contributed by atoms with E-state index in [1.807, 2.05) is 43.3 Å². The van der Waals surface area contributed by atoms with Crippen LogP contribution in [0.2, 0.25) is 10.0 Å². The fourth-order valence-electron chi connectivity index (χ4n) is 2.69. The lowest BCUT2D eigenvalue weighted by atomic mass is 10.2. The molecule has 0 saturated carbocycles. The molecule has 0 heterocycles. The Morgan fingerprint density at radius 1 is 1.10 bits per heavy atom. The lowest BCUT2D eigenvalue weighted by Gasteiger charge is -2.14. The Morgan fingerprint density at radius 2 is 1.87 bits per heavy atom. The number of hydrazone groups is 1. The number of carbonyl (C=O) groups is 1. The van der Waals surface area contributed by atoms with Crippen LogP contribution in [0, 0.1) is 0 Å². The zero-order valence-electron chi connectivity index (χ0n) is 16.6. The Bertz CT molecular complexity index is 1090. The Hall–Kier alpha value is -2.54. The van der Waals surface area contributed by atoms with Crippen LogP contribution in [0.4, 0.5) is 0 Å². The summed E-state index contributed by atoms with van der Waals surface area (Å²) >= 11 is 15.4. The number of nitrogens with zero attached hydrogens (tertiary/aromatic N) is 1. The molecular formula is C23H19BrCl2N2O3. The molecular weight excluding hydrogens is 503 g/mol. The average molecular weight is 522 g/mol. The molecule has 3 aromatic carbocycles. The standard InChI is InChI=1S/C23H19BrCl2N2O3/c1-2-30-21-11-16(10-19(24)22(21)31-14-15-6-4-3-5-7-15)13-27-28-23(29)18-9-8-17(25)12-20(18)26/h3-13H,2,14H2,1H3,(H,28,29)/b27-13-. The fourth-order valence-corrected chi connectivity index (χ4v) is 3.76. The summed E-state index contributed by atoms with van der Waals surface area (Å²) in [6.07, 6.45) is 1.51. The van der Waals surface area contributed by atoms with E-state index in [1.54, 1.807) is 12.1 Å². The highest BCUT2D eigenvalue weighted by molar-refractivity contribution is 9.10. The van der Waals surface area contributed by atoms with Crippen LogP contribution in [0.3, 0.4) is 0 Å². The molecule has 5 nitrogen and oxygen atoms in total. The SMILES string of the molecule is CCOc1cc(/C=N\NC(=O)c2ccc(Cl)cc2Cl)cc(Br)c1OCc1ccccc1. The summed E-state index contributed by atoms with van der Waals surface area (Å²) in [6, 6.07) is 18.1. The van der Waals surface area contributed by atoms with Gasteiger partial charge in [-0.2, -0.15) is 5.10 Å². The molecule has 0 bridgehead atoms. The quantitative estimate of drug-likeness (QED) is 0.272. The van der Waals surface area contributed by atoms with Crippen LogP contribution < -0.4 is 14.9 Å². The van der Waals surface area contributed by atoms with Crippen molar-refractivity contribution in [3.63, 3.8) is 0 Å². The van der Waals surface area contributed by atoms with E-state index in [9.17, 15) is 4.79 Å². The number of benzene rings is 3. The lowest BCUT2D eigenvalue weighted by Crippen LogP contribution is -2.18. The molecule has 0 radical (unpaired) electrons. The molecule has 1 amide bonds. The number of hydrogen-bond acceptors (Lipinski definition) is 4. The Labute approximate surface area is 199 Å². The predicted molar refractivity (Wildman–Crippen MR) is 128 cm³/mol. The average Bonchev–Trinajstić information content (AvgIpc) is 2.74. The summed E-state index contributed by atoms with van der Waals surface area (Å²) in [5.41, 5.74) is 4.50. The van der Waals surface area contributed by atoms with E-state index in [2.05, 4.69) is 26.5 Å². The predicted octanol–water partition coefficient (Wildman–Crippen LogP) is 6.50. The van der Waals surface area contributed by atoms with E-state index in [0.29, 0.717) is 39.8 Å². The third-order valence-corrected chi connectivity index (χ3v) is 5.25. The molecule has 0 aliphatic carbocycles. The van der Waals surface area contributed by atoms with Crippen molar-refractivity contribution in [2.24, 2.45) is 5.10 Å². The lowest BCUT2D eigenvalue weighted by molar-refractivity contribution is 0.0955. The number of ether oxygens (including phenoxy) is 2. The summed E-state index contributed by atoms with van der Waals surface area (Å²) in [7, 11) is 0. The molecule has 0 aromatic heterocycles. The first-order valence-electron chi connectivity index (χ1n) is 9.39. The van der Waals surface area contributed by atoms with Crippen molar-refractivity contribution in [3.8, 4) is 11.5 Å². The van der Waals surface area contributed by atoms with Crippen molar-refractivity contribution in [3.05, 3.63) is 91.9 Å². The van der Waals surface area contributed by atoms with Gasteiger partial charge in [-0.3, -0.25) is 4.79 Å². The number of carbonyl (C=O) groups excluding carboxylic acids is 1. The van der Waals surface area contributed by atoms with Gasteiger partial charge < -0.3 is 9.47 Å². The van der Waals surface area contributed by atoms with Gasteiger partial charge in [0, 0.05) is 5.02 Å². The van der Waals surface area contributed by atoms with E-state index >= 15 is 0 Å². The maximum Gasteiger partial charge on any atom is 0.272 e. The van der Waals surface area contributed by atoms with Crippen molar-refractivity contribution in [1.29, 1.82) is 0 Å². The number of nitrogens with one attached hydrogen (secondary N) is 1. The summed E-state index contributed by atoms with van der Waals surface area (Å²) in [6.45, 7) is 2.77. The largest absolute Gasteiger partial charge is 0.490 e. The second-order valence-electron chi connectivity index (χ2n) is 6.36. The highest BCUT2D eigenvalue weighted by atomic mass is 79.9. The van der Waals surface area contributed by atoms with Crippen molar-refractivity contribution in [2.75, 3.05) is 6.61 Å². The Balaban J connectivity index is 1.73. The van der Waals surface area contributed by atoms with Crippen LogP contribution in [0.25, 0.3) is 0 Å². The minimum absolute atomic E-state index is 0.251. The molecule has 0 atom stereocenters. The second kappa shape index (κ2) is 11.2. The van der Waals surface area contributed by atoms with Crippen LogP contribution in [-0.4, -0.2) is 18.7 Å². The summed E-state index contributed by atoms with van der Waals surface area (Å²) in [5.74, 6) is 0.728. The zero-order chi connectivity index (χ0) is 22.2. The number of halogens is 3. The normalized spacial score (nSPS) is 10.8. The van der Waals surface area contributed by atoms with Crippen molar-refractivity contribution in [1.82, 2.24) is 5.43 Å². The number of rotatable bonds is 8. The van der Waals surface area contributed by atoms with Crippen molar-refractivity contribution in [2.45, 2.75) is 13.5 Å². The minimum atomic E-state index is -0.440. The van der Waals surface area contributed by atoms with E-state index in [-0.39, 0.29) is 10.6 Å². The molecule has 0 spiro atoms. The van der Waals surface area contributed by atoms with Crippen LogP contribution in [0.15, 0.2) is 70.2 Å². The van der Waals surface area contributed by atoms with Gasteiger partial charge in [0.1, 0.15) is 6.61 Å². The molecule has 0 fully saturated rings. The van der Waals surface area contributed by atoms with Crippen LogP contribution in [0.5, 0.6) is 11.5 Å². The van der Waals surface area contributed by atoms with Gasteiger partial charge in [0.15, 0.2) is 11.5 Å². The molecule has 160 valence electrons. The molecule has 1 N–H and O–H groups in total. The van der Waals surface area contributed by atoms with Gasteiger partial charge in [-0.1, -0.05) is 53.5 Å². The molecule has 31 heavy (non-hydrogen) atoms. The highest BCUT2D eigenvalue weighted by Crippen LogP contribution is 2.37. The van der Waals surface area contributed by atoms with E-state index < -0.39 is 5.91 Å². The number of amides is 1. The molecule has 0 aliphatic heterocycles. The maximum absolute atomic E-state index is 12.3. The maximum atomic E-state index is 12.3. The Kier molecular flexibility index (Phi) is 8.35. The smallest absolute Gasteiger partial charge is 0.272 e. The van der Waals surface area contributed by atoms with Crippen LogP contribution in [-0.2, 0) is 6.61 Å². The van der Waals surface area contributed by atoms with Gasteiger partial charge >= 0.3 is 0 Å². The van der Waals surface area contributed by atoms with Crippen molar-refractivity contribution < 1.29 is 14.3 Å².